The quantitative estimate of drug-likeness (QED) is 0.635. The Kier molecular flexibility index (Phi) is 5.22. The van der Waals surface area contributed by atoms with Gasteiger partial charge in [0.05, 0.1) is 0 Å². The van der Waals surface area contributed by atoms with Gasteiger partial charge in [-0.3, -0.25) is 4.79 Å². The molecule has 0 aliphatic carbocycles. The van der Waals surface area contributed by atoms with Crippen LogP contribution in [-0.2, 0) is 4.79 Å². The maximum Gasteiger partial charge on any atom is 0.161 e. The highest BCUT2D eigenvalue weighted by atomic mass is 16.3. The summed E-state index contributed by atoms with van der Waals surface area (Å²) in [6, 6.07) is 0. The van der Waals surface area contributed by atoms with Crippen LogP contribution >= 0.6 is 0 Å². The maximum absolute atomic E-state index is 10.9. The number of carbonyl (C=O) groups is 1. The second-order valence-corrected chi connectivity index (χ2v) is 2.52. The molecule has 1 atom stereocenters. The first kappa shape index (κ1) is 9.63. The summed E-state index contributed by atoms with van der Waals surface area (Å²) in [5.41, 5.74) is 0. The van der Waals surface area contributed by atoms with Crippen LogP contribution in [0.1, 0.15) is 39.5 Å². The molecule has 2 nitrogen and oxygen atoms in total. The third kappa shape index (κ3) is 3.62. The van der Waals surface area contributed by atoms with Gasteiger partial charge in [-0.2, -0.15) is 0 Å². The van der Waals surface area contributed by atoms with Gasteiger partial charge in [-0.25, -0.2) is 0 Å². The van der Waals surface area contributed by atoms with Crippen LogP contribution in [0.15, 0.2) is 0 Å². The topological polar surface area (TPSA) is 37.3 Å². The minimum atomic E-state index is -0.704. The van der Waals surface area contributed by atoms with Crippen LogP contribution in [0.2, 0.25) is 0 Å². The van der Waals surface area contributed by atoms with E-state index >= 15 is 0 Å². The molecule has 0 aliphatic rings. The highest BCUT2D eigenvalue weighted by Crippen LogP contribution is 2.01. The molecule has 60 valence electrons. The van der Waals surface area contributed by atoms with Gasteiger partial charge < -0.3 is 5.11 Å². The van der Waals surface area contributed by atoms with E-state index in [2.05, 4.69) is 0 Å². The van der Waals surface area contributed by atoms with E-state index in [0.717, 1.165) is 12.8 Å². The van der Waals surface area contributed by atoms with Gasteiger partial charge in [0.2, 0.25) is 0 Å². The van der Waals surface area contributed by atoms with E-state index in [4.69, 9.17) is 5.11 Å². The van der Waals surface area contributed by atoms with Crippen LogP contribution in [0.4, 0.5) is 0 Å². The first-order valence-electron chi connectivity index (χ1n) is 3.93. The Bertz CT molecular complexity index is 99.4. The SMILES string of the molecule is CCCC(=O)[C@@H](O)CCC. The van der Waals surface area contributed by atoms with Crippen molar-refractivity contribution < 1.29 is 9.90 Å². The molecule has 2 heteroatoms. The summed E-state index contributed by atoms with van der Waals surface area (Å²) >= 11 is 0. The van der Waals surface area contributed by atoms with E-state index in [1.54, 1.807) is 0 Å². The molecule has 0 amide bonds. The number of carbonyl (C=O) groups excluding carboxylic acids is 1. The minimum absolute atomic E-state index is 0.00986. The summed E-state index contributed by atoms with van der Waals surface area (Å²) < 4.78 is 0. The molecule has 0 radical (unpaired) electrons. The first-order chi connectivity index (χ1) is 4.72. The second-order valence-electron chi connectivity index (χ2n) is 2.52. The Hall–Kier alpha value is -0.370. The fraction of sp³-hybridized carbons (Fsp3) is 0.875. The molecule has 10 heavy (non-hydrogen) atoms. The monoisotopic (exact) mass is 144 g/mol. The molecular weight excluding hydrogens is 128 g/mol. The molecular formula is C8H16O2. The second kappa shape index (κ2) is 5.42. The van der Waals surface area contributed by atoms with Crippen LogP contribution in [0.3, 0.4) is 0 Å². The molecule has 0 saturated heterocycles. The summed E-state index contributed by atoms with van der Waals surface area (Å²) in [5.74, 6) is -0.00986. The molecule has 0 aromatic heterocycles. The third-order valence-corrected chi connectivity index (χ3v) is 1.43. The van der Waals surface area contributed by atoms with E-state index < -0.39 is 6.10 Å². The molecule has 0 heterocycles. The summed E-state index contributed by atoms with van der Waals surface area (Å²) in [6.07, 6.45) is 2.13. The zero-order chi connectivity index (χ0) is 7.98. The van der Waals surface area contributed by atoms with Crippen molar-refractivity contribution >= 4 is 5.78 Å². The van der Waals surface area contributed by atoms with E-state index in [1.165, 1.54) is 0 Å². The van der Waals surface area contributed by atoms with Crippen LogP contribution in [-0.4, -0.2) is 17.0 Å². The molecule has 0 unspecified atom stereocenters. The van der Waals surface area contributed by atoms with Crippen LogP contribution < -0.4 is 0 Å². The van der Waals surface area contributed by atoms with Gasteiger partial charge in [0.25, 0.3) is 0 Å². The van der Waals surface area contributed by atoms with Gasteiger partial charge in [-0.15, -0.1) is 0 Å². The molecule has 0 bridgehead atoms. The summed E-state index contributed by atoms with van der Waals surface area (Å²) in [5, 5.41) is 9.10. The molecule has 0 aromatic rings. The fourth-order valence-corrected chi connectivity index (χ4v) is 0.847. The number of hydrogen-bond acceptors (Lipinski definition) is 2. The van der Waals surface area contributed by atoms with Gasteiger partial charge >= 0.3 is 0 Å². The van der Waals surface area contributed by atoms with Crippen molar-refractivity contribution in [2.45, 2.75) is 45.6 Å². The van der Waals surface area contributed by atoms with Crippen molar-refractivity contribution in [1.29, 1.82) is 0 Å². The molecule has 1 N–H and O–H groups in total. The smallest absolute Gasteiger partial charge is 0.161 e. The third-order valence-electron chi connectivity index (χ3n) is 1.43. The average molecular weight is 144 g/mol. The Balaban J connectivity index is 3.49. The Labute approximate surface area is 62.2 Å². The Morgan fingerprint density at radius 3 is 2.40 bits per heavy atom. The van der Waals surface area contributed by atoms with Gasteiger partial charge in [0.15, 0.2) is 5.78 Å². The lowest BCUT2D eigenvalue weighted by atomic mass is 10.1. The number of hydrogen-bond donors (Lipinski definition) is 1. The van der Waals surface area contributed by atoms with Gasteiger partial charge in [-0.1, -0.05) is 20.3 Å². The number of aliphatic hydroxyl groups excluding tert-OH is 1. The van der Waals surface area contributed by atoms with Gasteiger partial charge in [0, 0.05) is 6.42 Å². The van der Waals surface area contributed by atoms with Crippen LogP contribution in [0.25, 0.3) is 0 Å². The van der Waals surface area contributed by atoms with Gasteiger partial charge in [-0.05, 0) is 12.8 Å². The van der Waals surface area contributed by atoms with Crippen molar-refractivity contribution in [2.75, 3.05) is 0 Å². The number of rotatable bonds is 5. The van der Waals surface area contributed by atoms with Crippen LogP contribution in [0, 0.1) is 0 Å². The van der Waals surface area contributed by atoms with Crippen molar-refractivity contribution in [3.8, 4) is 0 Å². The molecule has 0 rings (SSSR count). The first-order valence-corrected chi connectivity index (χ1v) is 3.93. The van der Waals surface area contributed by atoms with E-state index in [0.29, 0.717) is 12.8 Å². The highest BCUT2D eigenvalue weighted by molar-refractivity contribution is 5.82. The molecule has 0 aliphatic heterocycles. The average Bonchev–Trinajstić information content (AvgIpc) is 1.89. The van der Waals surface area contributed by atoms with Crippen LogP contribution in [0.5, 0.6) is 0 Å². The highest BCUT2D eigenvalue weighted by Gasteiger charge is 2.11. The lowest BCUT2D eigenvalue weighted by Gasteiger charge is -2.05. The van der Waals surface area contributed by atoms with E-state index in [9.17, 15) is 4.79 Å². The Morgan fingerprint density at radius 1 is 1.40 bits per heavy atom. The van der Waals surface area contributed by atoms with Crippen molar-refractivity contribution in [3.05, 3.63) is 0 Å². The van der Waals surface area contributed by atoms with E-state index in [-0.39, 0.29) is 5.78 Å². The summed E-state index contributed by atoms with van der Waals surface area (Å²) in [7, 11) is 0. The number of ketones is 1. The predicted molar refractivity (Wildman–Crippen MR) is 40.8 cm³/mol. The van der Waals surface area contributed by atoms with Gasteiger partial charge in [0.1, 0.15) is 6.10 Å². The normalized spacial score (nSPS) is 13.1. The summed E-state index contributed by atoms with van der Waals surface area (Å²) in [6.45, 7) is 3.90. The van der Waals surface area contributed by atoms with Crippen molar-refractivity contribution in [1.82, 2.24) is 0 Å². The Morgan fingerprint density at radius 2 is 2.00 bits per heavy atom. The molecule has 0 spiro atoms. The molecule has 0 saturated carbocycles. The predicted octanol–water partition coefficient (Wildman–Crippen LogP) is 1.52. The minimum Gasteiger partial charge on any atom is -0.385 e. The summed E-state index contributed by atoms with van der Waals surface area (Å²) in [4.78, 5) is 10.9. The number of Topliss-reactive ketones (excluding diaryl/α,β-unsaturated/α-hetero) is 1. The largest absolute Gasteiger partial charge is 0.385 e. The zero-order valence-electron chi connectivity index (χ0n) is 6.76. The molecule has 0 aromatic carbocycles. The molecule has 0 fully saturated rings. The van der Waals surface area contributed by atoms with Crippen molar-refractivity contribution in [3.63, 3.8) is 0 Å². The zero-order valence-corrected chi connectivity index (χ0v) is 6.76. The standard InChI is InChI=1S/C8H16O2/c1-3-5-7(9)8(10)6-4-2/h7,9H,3-6H2,1-2H3/t7-/m0/s1. The lowest BCUT2D eigenvalue weighted by molar-refractivity contribution is -0.127. The van der Waals surface area contributed by atoms with E-state index in [1.807, 2.05) is 13.8 Å². The fourth-order valence-electron chi connectivity index (χ4n) is 0.847. The lowest BCUT2D eigenvalue weighted by Crippen LogP contribution is -2.19. The van der Waals surface area contributed by atoms with Crippen molar-refractivity contribution in [2.24, 2.45) is 0 Å². The maximum atomic E-state index is 10.9. The number of aliphatic hydroxyl groups is 1.